The lowest BCUT2D eigenvalue weighted by atomic mass is 10.2. The first-order valence-electron chi connectivity index (χ1n) is 5.96. The summed E-state index contributed by atoms with van der Waals surface area (Å²) in [6, 6.07) is 13.7. The van der Waals surface area contributed by atoms with Crippen molar-refractivity contribution >= 4 is 17.2 Å². The smallest absolute Gasteiger partial charge is 0.265 e. The second-order valence-corrected chi connectivity index (χ2v) is 5.15. The third-order valence-corrected chi connectivity index (χ3v) is 3.83. The molecule has 1 amide bonds. The summed E-state index contributed by atoms with van der Waals surface area (Å²) in [6.07, 6.45) is 0. The van der Waals surface area contributed by atoms with Crippen LogP contribution in [0, 0.1) is 18.3 Å². The lowest BCUT2D eigenvalue weighted by Crippen LogP contribution is -2.30. The number of aryl methyl sites for hydroxylation is 1. The van der Waals surface area contributed by atoms with Crippen LogP contribution in [0.3, 0.4) is 0 Å². The van der Waals surface area contributed by atoms with E-state index >= 15 is 0 Å². The van der Waals surface area contributed by atoms with Gasteiger partial charge in [-0.25, -0.2) is 0 Å². The molecule has 0 aliphatic carbocycles. The van der Waals surface area contributed by atoms with Gasteiger partial charge in [0.2, 0.25) is 0 Å². The minimum Gasteiger partial charge on any atom is -0.320 e. The van der Waals surface area contributed by atoms with Crippen molar-refractivity contribution in [2.24, 2.45) is 0 Å². The van der Waals surface area contributed by atoms with Gasteiger partial charge in [0.05, 0.1) is 10.9 Å². The van der Waals surface area contributed by atoms with Crippen molar-refractivity contribution in [1.29, 1.82) is 5.26 Å². The van der Waals surface area contributed by atoms with Gasteiger partial charge in [-0.15, -0.1) is 11.3 Å². The summed E-state index contributed by atoms with van der Waals surface area (Å²) < 4.78 is 0. The Kier molecular flexibility index (Phi) is 4.32. The number of carbonyl (C=O) groups is 1. The molecule has 0 saturated heterocycles. The minimum atomic E-state index is -0.0714. The van der Waals surface area contributed by atoms with Crippen LogP contribution in [0.15, 0.2) is 41.8 Å². The van der Waals surface area contributed by atoms with E-state index in [-0.39, 0.29) is 12.5 Å². The molecule has 2 rings (SSSR count). The maximum absolute atomic E-state index is 12.4. The summed E-state index contributed by atoms with van der Waals surface area (Å²) >= 11 is 1.42. The molecule has 4 heteroatoms. The molecule has 1 heterocycles. The molecule has 0 atom stereocenters. The van der Waals surface area contributed by atoms with Crippen molar-refractivity contribution in [1.82, 2.24) is 4.90 Å². The Bertz CT molecular complexity index is 598. The Labute approximate surface area is 116 Å². The van der Waals surface area contributed by atoms with E-state index in [9.17, 15) is 4.79 Å². The summed E-state index contributed by atoms with van der Waals surface area (Å²) in [5.74, 6) is -0.0714. The maximum atomic E-state index is 12.4. The van der Waals surface area contributed by atoms with Gasteiger partial charge in [-0.2, -0.15) is 5.26 Å². The van der Waals surface area contributed by atoms with Crippen molar-refractivity contribution < 1.29 is 4.79 Å². The molecular weight excluding hydrogens is 256 g/mol. The van der Waals surface area contributed by atoms with E-state index in [1.54, 1.807) is 4.90 Å². The predicted molar refractivity (Wildman–Crippen MR) is 75.9 cm³/mol. The maximum Gasteiger partial charge on any atom is 0.265 e. The first-order valence-corrected chi connectivity index (χ1v) is 6.84. The quantitative estimate of drug-likeness (QED) is 0.801. The zero-order chi connectivity index (χ0) is 13.7. The van der Waals surface area contributed by atoms with E-state index in [0.717, 1.165) is 11.1 Å². The molecule has 0 saturated carbocycles. The van der Waals surface area contributed by atoms with Gasteiger partial charge in [0.15, 0.2) is 0 Å². The summed E-state index contributed by atoms with van der Waals surface area (Å²) in [7, 11) is 0. The largest absolute Gasteiger partial charge is 0.320 e. The molecule has 0 aliphatic heterocycles. The molecule has 0 radical (unpaired) electrons. The highest BCUT2D eigenvalue weighted by Crippen LogP contribution is 2.19. The van der Waals surface area contributed by atoms with Gasteiger partial charge in [0.25, 0.3) is 5.91 Å². The standard InChI is InChI=1S/C15H14N2OS/c1-12-7-10-19-14(12)15(18)17(9-8-16)11-13-5-3-2-4-6-13/h2-7,10H,9,11H2,1H3. The average molecular weight is 270 g/mol. The molecule has 0 spiro atoms. The number of rotatable bonds is 4. The molecule has 0 fully saturated rings. The normalized spacial score (nSPS) is 9.89. The molecule has 2 aromatic rings. The van der Waals surface area contributed by atoms with Gasteiger partial charge in [0, 0.05) is 6.54 Å². The van der Waals surface area contributed by atoms with Crippen molar-refractivity contribution in [3.63, 3.8) is 0 Å². The number of carbonyl (C=O) groups excluding carboxylic acids is 1. The first-order chi connectivity index (χ1) is 9.22. The van der Waals surface area contributed by atoms with Crippen LogP contribution >= 0.6 is 11.3 Å². The van der Waals surface area contributed by atoms with Crippen LogP contribution in [-0.2, 0) is 6.54 Å². The van der Waals surface area contributed by atoms with E-state index in [1.807, 2.05) is 48.7 Å². The van der Waals surface area contributed by atoms with Crippen LogP contribution < -0.4 is 0 Å². The number of amides is 1. The molecule has 19 heavy (non-hydrogen) atoms. The van der Waals surface area contributed by atoms with E-state index < -0.39 is 0 Å². The van der Waals surface area contributed by atoms with E-state index in [1.165, 1.54) is 11.3 Å². The fourth-order valence-electron chi connectivity index (χ4n) is 1.82. The van der Waals surface area contributed by atoms with E-state index in [4.69, 9.17) is 5.26 Å². The zero-order valence-electron chi connectivity index (χ0n) is 10.7. The SMILES string of the molecule is Cc1ccsc1C(=O)N(CC#N)Cc1ccccc1. The monoisotopic (exact) mass is 270 g/mol. The second-order valence-electron chi connectivity index (χ2n) is 4.24. The third-order valence-electron chi connectivity index (χ3n) is 2.82. The van der Waals surface area contributed by atoms with Gasteiger partial charge in [-0.3, -0.25) is 4.79 Å². The third kappa shape index (κ3) is 3.21. The fraction of sp³-hybridized carbons (Fsp3) is 0.200. The highest BCUT2D eigenvalue weighted by molar-refractivity contribution is 7.12. The highest BCUT2D eigenvalue weighted by Gasteiger charge is 2.18. The minimum absolute atomic E-state index is 0.0714. The van der Waals surface area contributed by atoms with Crippen LogP contribution in [0.5, 0.6) is 0 Å². The van der Waals surface area contributed by atoms with Gasteiger partial charge >= 0.3 is 0 Å². The van der Waals surface area contributed by atoms with Crippen molar-refractivity contribution in [3.05, 3.63) is 57.8 Å². The molecule has 0 unspecified atom stereocenters. The Balaban J connectivity index is 2.19. The molecule has 0 bridgehead atoms. The van der Waals surface area contributed by atoms with E-state index in [2.05, 4.69) is 6.07 Å². The molecule has 0 aliphatic rings. The number of nitrogens with zero attached hydrogens (tertiary/aromatic N) is 2. The van der Waals surface area contributed by atoms with Gasteiger partial charge < -0.3 is 4.90 Å². The highest BCUT2D eigenvalue weighted by atomic mass is 32.1. The number of thiophene rings is 1. The topological polar surface area (TPSA) is 44.1 Å². The molecule has 1 aromatic heterocycles. The Morgan fingerprint density at radius 3 is 2.63 bits per heavy atom. The summed E-state index contributed by atoms with van der Waals surface area (Å²) in [5.41, 5.74) is 1.99. The van der Waals surface area contributed by atoms with Crippen LogP contribution in [0.2, 0.25) is 0 Å². The zero-order valence-corrected chi connectivity index (χ0v) is 11.5. The molecule has 1 aromatic carbocycles. The lowest BCUT2D eigenvalue weighted by Gasteiger charge is -2.19. The fourth-order valence-corrected chi connectivity index (χ4v) is 2.72. The Morgan fingerprint density at radius 2 is 2.05 bits per heavy atom. The van der Waals surface area contributed by atoms with E-state index in [0.29, 0.717) is 11.4 Å². The summed E-state index contributed by atoms with van der Waals surface area (Å²) in [4.78, 5) is 14.7. The van der Waals surface area contributed by atoms with Crippen LogP contribution in [0.1, 0.15) is 20.8 Å². The van der Waals surface area contributed by atoms with Gasteiger partial charge in [-0.1, -0.05) is 30.3 Å². The van der Waals surface area contributed by atoms with Crippen molar-refractivity contribution in [3.8, 4) is 6.07 Å². The van der Waals surface area contributed by atoms with Crippen molar-refractivity contribution in [2.45, 2.75) is 13.5 Å². The predicted octanol–water partition coefficient (Wildman–Crippen LogP) is 3.22. The number of hydrogen-bond donors (Lipinski definition) is 0. The average Bonchev–Trinajstić information content (AvgIpc) is 2.85. The van der Waals surface area contributed by atoms with Crippen molar-refractivity contribution in [2.75, 3.05) is 6.54 Å². The second kappa shape index (κ2) is 6.17. The van der Waals surface area contributed by atoms with Gasteiger partial charge in [0.1, 0.15) is 6.54 Å². The van der Waals surface area contributed by atoms with Crippen LogP contribution in [-0.4, -0.2) is 17.4 Å². The molecule has 3 nitrogen and oxygen atoms in total. The summed E-state index contributed by atoms with van der Waals surface area (Å²) in [6.45, 7) is 2.48. The summed E-state index contributed by atoms with van der Waals surface area (Å²) in [5, 5.41) is 10.8. The molecule has 96 valence electrons. The Morgan fingerprint density at radius 1 is 1.32 bits per heavy atom. The number of benzene rings is 1. The number of hydrogen-bond acceptors (Lipinski definition) is 3. The molecule has 0 N–H and O–H groups in total. The van der Waals surface area contributed by atoms with Crippen LogP contribution in [0.4, 0.5) is 0 Å². The van der Waals surface area contributed by atoms with Gasteiger partial charge in [-0.05, 0) is 29.5 Å². The Hall–Kier alpha value is -2.12. The number of nitriles is 1. The lowest BCUT2D eigenvalue weighted by molar-refractivity contribution is 0.0769. The van der Waals surface area contributed by atoms with Crippen LogP contribution in [0.25, 0.3) is 0 Å². The molecular formula is C15H14N2OS. The first kappa shape index (κ1) is 13.3.